The number of benzene rings is 1. The first-order valence-corrected chi connectivity index (χ1v) is 8.45. The lowest BCUT2D eigenvalue weighted by atomic mass is 9.80. The van der Waals surface area contributed by atoms with Crippen molar-refractivity contribution in [2.45, 2.75) is 38.1 Å². The van der Waals surface area contributed by atoms with Crippen LogP contribution >= 0.6 is 0 Å². The minimum atomic E-state index is -0.315. The van der Waals surface area contributed by atoms with Gasteiger partial charge in [-0.3, -0.25) is 15.0 Å². The van der Waals surface area contributed by atoms with Gasteiger partial charge in [0.1, 0.15) is 0 Å². The zero-order valence-corrected chi connectivity index (χ0v) is 13.0. The van der Waals surface area contributed by atoms with Crippen LogP contribution in [0.1, 0.15) is 43.7 Å². The fourth-order valence-corrected chi connectivity index (χ4v) is 3.98. The maximum absolute atomic E-state index is 10.9. The summed E-state index contributed by atoms with van der Waals surface area (Å²) >= 11 is 0. The van der Waals surface area contributed by atoms with Crippen LogP contribution in [-0.2, 0) is 0 Å². The van der Waals surface area contributed by atoms with Gasteiger partial charge in [-0.05, 0) is 24.3 Å². The predicted molar refractivity (Wildman–Crippen MR) is 86.9 cm³/mol. The van der Waals surface area contributed by atoms with Gasteiger partial charge in [-0.25, -0.2) is 0 Å². The number of nitro benzene ring substituents is 1. The molecule has 0 spiro atoms. The average molecular weight is 303 g/mol. The van der Waals surface area contributed by atoms with E-state index in [0.29, 0.717) is 12.0 Å². The van der Waals surface area contributed by atoms with Crippen LogP contribution in [0.15, 0.2) is 24.3 Å². The van der Waals surface area contributed by atoms with E-state index >= 15 is 0 Å². The maximum atomic E-state index is 10.9. The second kappa shape index (κ2) is 7.20. The van der Waals surface area contributed by atoms with Gasteiger partial charge in [0, 0.05) is 44.4 Å². The van der Waals surface area contributed by atoms with Crippen LogP contribution in [0.25, 0.3) is 0 Å². The van der Waals surface area contributed by atoms with E-state index in [1.807, 2.05) is 12.1 Å². The Morgan fingerprint density at radius 3 is 2.32 bits per heavy atom. The van der Waals surface area contributed by atoms with Crippen molar-refractivity contribution in [1.82, 2.24) is 10.2 Å². The molecule has 0 amide bonds. The van der Waals surface area contributed by atoms with Crippen LogP contribution in [0.3, 0.4) is 0 Å². The lowest BCUT2D eigenvalue weighted by Crippen LogP contribution is -2.47. The average Bonchev–Trinajstić information content (AvgIpc) is 2.57. The Kier molecular flexibility index (Phi) is 5.05. The SMILES string of the molecule is O=[N+]([O-])c1ccc([C@@H](C2CCCCC2)N2CCNCC2)cc1. The van der Waals surface area contributed by atoms with Crippen molar-refractivity contribution in [3.63, 3.8) is 0 Å². The molecule has 2 fully saturated rings. The van der Waals surface area contributed by atoms with Gasteiger partial charge in [0.25, 0.3) is 5.69 Å². The molecule has 0 unspecified atom stereocenters. The van der Waals surface area contributed by atoms with E-state index in [9.17, 15) is 10.1 Å². The van der Waals surface area contributed by atoms with Crippen molar-refractivity contribution in [2.24, 2.45) is 5.92 Å². The minimum absolute atomic E-state index is 0.187. The Morgan fingerprint density at radius 2 is 1.73 bits per heavy atom. The van der Waals surface area contributed by atoms with E-state index in [4.69, 9.17) is 0 Å². The van der Waals surface area contributed by atoms with Gasteiger partial charge in [-0.2, -0.15) is 0 Å². The second-order valence-electron chi connectivity index (χ2n) is 6.48. The molecule has 5 nitrogen and oxygen atoms in total. The normalized spacial score (nSPS) is 22.4. The molecule has 1 aromatic carbocycles. The highest BCUT2D eigenvalue weighted by molar-refractivity contribution is 5.34. The highest BCUT2D eigenvalue weighted by Gasteiger charge is 2.31. The number of piperazine rings is 1. The number of hydrogen-bond donors (Lipinski definition) is 1. The molecule has 1 atom stereocenters. The molecule has 22 heavy (non-hydrogen) atoms. The summed E-state index contributed by atoms with van der Waals surface area (Å²) in [6.45, 7) is 4.21. The standard InChI is InChI=1S/C17H25N3O2/c21-20(22)16-8-6-15(7-9-16)17(14-4-2-1-3-5-14)19-12-10-18-11-13-19/h6-9,14,17-18H,1-5,10-13H2/t17-/m1/s1. The van der Waals surface area contributed by atoms with E-state index in [2.05, 4.69) is 10.2 Å². The van der Waals surface area contributed by atoms with Crippen molar-refractivity contribution >= 4 is 5.69 Å². The van der Waals surface area contributed by atoms with Crippen molar-refractivity contribution < 1.29 is 4.92 Å². The maximum Gasteiger partial charge on any atom is 0.269 e. The zero-order valence-electron chi connectivity index (χ0n) is 13.0. The predicted octanol–water partition coefficient (Wildman–Crippen LogP) is 3.12. The molecule has 5 heteroatoms. The lowest BCUT2D eigenvalue weighted by molar-refractivity contribution is -0.384. The van der Waals surface area contributed by atoms with Gasteiger partial charge >= 0.3 is 0 Å². The molecule has 1 heterocycles. The largest absolute Gasteiger partial charge is 0.314 e. The van der Waals surface area contributed by atoms with Gasteiger partial charge in [0.15, 0.2) is 0 Å². The molecule has 1 saturated carbocycles. The quantitative estimate of drug-likeness (QED) is 0.686. The molecule has 1 aliphatic carbocycles. The van der Waals surface area contributed by atoms with E-state index in [0.717, 1.165) is 26.2 Å². The van der Waals surface area contributed by atoms with Crippen molar-refractivity contribution in [1.29, 1.82) is 0 Å². The zero-order chi connectivity index (χ0) is 15.4. The minimum Gasteiger partial charge on any atom is -0.314 e. The molecule has 1 aromatic rings. The first-order valence-electron chi connectivity index (χ1n) is 8.45. The molecule has 1 saturated heterocycles. The Hall–Kier alpha value is -1.46. The van der Waals surface area contributed by atoms with Crippen LogP contribution < -0.4 is 5.32 Å². The fourth-order valence-electron chi connectivity index (χ4n) is 3.98. The third kappa shape index (κ3) is 3.47. The number of nitrogens with zero attached hydrogens (tertiary/aromatic N) is 2. The summed E-state index contributed by atoms with van der Waals surface area (Å²) < 4.78 is 0. The monoisotopic (exact) mass is 303 g/mol. The first kappa shape index (κ1) is 15.4. The van der Waals surface area contributed by atoms with Crippen molar-refractivity contribution in [2.75, 3.05) is 26.2 Å². The molecule has 120 valence electrons. The van der Waals surface area contributed by atoms with E-state index in [-0.39, 0.29) is 10.6 Å². The number of non-ortho nitro benzene ring substituents is 1. The number of rotatable bonds is 4. The second-order valence-corrected chi connectivity index (χ2v) is 6.48. The van der Waals surface area contributed by atoms with Crippen LogP contribution in [0.2, 0.25) is 0 Å². The smallest absolute Gasteiger partial charge is 0.269 e. The molecular formula is C17H25N3O2. The highest BCUT2D eigenvalue weighted by Crippen LogP contribution is 2.38. The Labute approximate surface area is 131 Å². The third-order valence-electron chi connectivity index (χ3n) is 5.09. The molecule has 1 aliphatic heterocycles. The van der Waals surface area contributed by atoms with Crippen LogP contribution in [0, 0.1) is 16.0 Å². The molecule has 0 aromatic heterocycles. The van der Waals surface area contributed by atoms with Crippen LogP contribution in [0.4, 0.5) is 5.69 Å². The Morgan fingerprint density at radius 1 is 1.09 bits per heavy atom. The van der Waals surface area contributed by atoms with Gasteiger partial charge in [-0.15, -0.1) is 0 Å². The number of nitrogens with one attached hydrogen (secondary N) is 1. The lowest BCUT2D eigenvalue weighted by Gasteiger charge is -2.41. The summed E-state index contributed by atoms with van der Waals surface area (Å²) in [6.07, 6.45) is 6.56. The topological polar surface area (TPSA) is 58.4 Å². The summed E-state index contributed by atoms with van der Waals surface area (Å²) in [6, 6.07) is 7.68. The van der Waals surface area contributed by atoms with Crippen LogP contribution in [-0.4, -0.2) is 36.0 Å². The Bertz CT molecular complexity index is 473. The van der Waals surface area contributed by atoms with Crippen LogP contribution in [0.5, 0.6) is 0 Å². The van der Waals surface area contributed by atoms with Gasteiger partial charge in [-0.1, -0.05) is 31.4 Å². The number of hydrogen-bond acceptors (Lipinski definition) is 4. The summed E-state index contributed by atoms with van der Waals surface area (Å²) in [5, 5.41) is 14.3. The molecule has 0 radical (unpaired) electrons. The summed E-state index contributed by atoms with van der Waals surface area (Å²) in [4.78, 5) is 13.1. The Balaban J connectivity index is 1.84. The summed E-state index contributed by atoms with van der Waals surface area (Å²) in [5.41, 5.74) is 1.44. The molecule has 1 N–H and O–H groups in total. The molecule has 2 aliphatic rings. The molecule has 0 bridgehead atoms. The van der Waals surface area contributed by atoms with E-state index < -0.39 is 0 Å². The number of nitro groups is 1. The van der Waals surface area contributed by atoms with Gasteiger partial charge in [0.2, 0.25) is 0 Å². The molecule has 3 rings (SSSR count). The summed E-state index contributed by atoms with van der Waals surface area (Å²) in [7, 11) is 0. The first-order chi connectivity index (χ1) is 10.8. The fraction of sp³-hybridized carbons (Fsp3) is 0.647. The van der Waals surface area contributed by atoms with Gasteiger partial charge < -0.3 is 5.32 Å². The van der Waals surface area contributed by atoms with E-state index in [1.54, 1.807) is 12.1 Å². The van der Waals surface area contributed by atoms with Gasteiger partial charge in [0.05, 0.1) is 4.92 Å². The summed E-state index contributed by atoms with van der Waals surface area (Å²) in [5.74, 6) is 0.688. The third-order valence-corrected chi connectivity index (χ3v) is 5.09. The highest BCUT2D eigenvalue weighted by atomic mass is 16.6. The van der Waals surface area contributed by atoms with E-state index in [1.165, 1.54) is 37.7 Å². The molecular weight excluding hydrogens is 278 g/mol. The van der Waals surface area contributed by atoms with Crippen molar-refractivity contribution in [3.05, 3.63) is 39.9 Å². The van der Waals surface area contributed by atoms with Crippen molar-refractivity contribution in [3.8, 4) is 0 Å².